The Morgan fingerprint density at radius 2 is 2.37 bits per heavy atom. The molecule has 0 radical (unpaired) electrons. The van der Waals surface area contributed by atoms with Gasteiger partial charge in [-0.05, 0) is 22.0 Å². The summed E-state index contributed by atoms with van der Waals surface area (Å²) in [5.41, 5.74) is 1.55. The Morgan fingerprint density at radius 1 is 1.58 bits per heavy atom. The molecule has 0 bridgehead atoms. The third-order valence-electron chi connectivity index (χ3n) is 2.72. The van der Waals surface area contributed by atoms with Crippen molar-refractivity contribution in [1.82, 2.24) is 14.5 Å². The van der Waals surface area contributed by atoms with Gasteiger partial charge in [-0.1, -0.05) is 0 Å². The van der Waals surface area contributed by atoms with Crippen LogP contribution in [0.15, 0.2) is 16.7 Å². The fourth-order valence-electron chi connectivity index (χ4n) is 1.85. The largest absolute Gasteiger partial charge is 0.469 e. The number of imidazole rings is 1. The highest BCUT2D eigenvalue weighted by Gasteiger charge is 2.13. The highest BCUT2D eigenvalue weighted by atomic mass is 79.9. The zero-order valence-corrected chi connectivity index (χ0v) is 12.7. The number of fused-ring (bicyclic) bond motifs is 1. The average molecular weight is 347 g/mol. The first kappa shape index (κ1) is 14.3. The molecular formula is C12H13BrClN3O2. The number of carbonyl (C=O) groups is 1. The number of aromatic nitrogens is 3. The van der Waals surface area contributed by atoms with E-state index >= 15 is 0 Å². The summed E-state index contributed by atoms with van der Waals surface area (Å²) >= 11 is 9.15. The molecule has 0 aliphatic carbocycles. The molecule has 2 aromatic heterocycles. The van der Waals surface area contributed by atoms with E-state index in [4.69, 9.17) is 11.6 Å². The van der Waals surface area contributed by atoms with E-state index in [9.17, 15) is 4.79 Å². The maximum atomic E-state index is 11.3. The van der Waals surface area contributed by atoms with Gasteiger partial charge in [0.25, 0.3) is 0 Å². The molecule has 2 rings (SSSR count). The van der Waals surface area contributed by atoms with Crippen LogP contribution in [0, 0.1) is 0 Å². The first-order valence-corrected chi connectivity index (χ1v) is 7.12. The van der Waals surface area contributed by atoms with E-state index < -0.39 is 0 Å². The fraction of sp³-hybridized carbons (Fsp3) is 0.417. The molecule has 102 valence electrons. The quantitative estimate of drug-likeness (QED) is 0.617. The predicted molar refractivity (Wildman–Crippen MR) is 76.3 cm³/mol. The van der Waals surface area contributed by atoms with Crippen LogP contribution < -0.4 is 0 Å². The minimum Gasteiger partial charge on any atom is -0.469 e. The Kier molecular flexibility index (Phi) is 4.76. The molecule has 0 N–H and O–H groups in total. The zero-order valence-electron chi connectivity index (χ0n) is 10.4. The lowest BCUT2D eigenvalue weighted by atomic mass is 10.4. The number of rotatable bonds is 5. The number of hydrogen-bond acceptors (Lipinski definition) is 4. The van der Waals surface area contributed by atoms with Crippen LogP contribution in [0.2, 0.25) is 0 Å². The van der Waals surface area contributed by atoms with Crippen LogP contribution in [-0.2, 0) is 22.5 Å². The molecule has 0 fully saturated rings. The summed E-state index contributed by atoms with van der Waals surface area (Å²) in [6.45, 7) is 0.490. The van der Waals surface area contributed by atoms with E-state index in [0.29, 0.717) is 18.8 Å². The second-order valence-corrected chi connectivity index (χ2v) is 5.23. The number of halogens is 2. The summed E-state index contributed by atoms with van der Waals surface area (Å²) in [7, 11) is 1.38. The average Bonchev–Trinajstić information content (AvgIpc) is 2.73. The summed E-state index contributed by atoms with van der Waals surface area (Å²) in [6.07, 6.45) is 2.63. The molecule has 7 heteroatoms. The summed E-state index contributed by atoms with van der Waals surface area (Å²) in [4.78, 5) is 20.1. The van der Waals surface area contributed by atoms with Gasteiger partial charge >= 0.3 is 5.97 Å². The molecule has 2 aromatic rings. The highest BCUT2D eigenvalue weighted by molar-refractivity contribution is 9.10. The number of alkyl halides is 1. The molecule has 0 spiro atoms. The van der Waals surface area contributed by atoms with Crippen LogP contribution in [0.1, 0.15) is 12.2 Å². The first-order valence-electron chi connectivity index (χ1n) is 5.79. The molecule has 0 atom stereocenters. The molecule has 5 nitrogen and oxygen atoms in total. The maximum Gasteiger partial charge on any atom is 0.307 e. The number of nitrogens with zero attached hydrogens (tertiary/aromatic N) is 3. The molecule has 0 saturated heterocycles. The second kappa shape index (κ2) is 6.34. The molecule has 19 heavy (non-hydrogen) atoms. The van der Waals surface area contributed by atoms with E-state index in [1.54, 1.807) is 6.20 Å². The Balaban J connectivity index is 2.37. The van der Waals surface area contributed by atoms with Crippen LogP contribution in [-0.4, -0.2) is 33.5 Å². The minimum atomic E-state index is -0.254. The van der Waals surface area contributed by atoms with E-state index in [1.165, 1.54) is 7.11 Å². The number of carbonyl (C=O) groups excluding carboxylic acids is 1. The fourth-order valence-corrected chi connectivity index (χ4v) is 2.34. The van der Waals surface area contributed by atoms with Crippen LogP contribution in [0.5, 0.6) is 0 Å². The standard InChI is InChI=1S/C12H13BrClN3O2/c1-19-11(18)3-5-17-10(2-4-14)16-9-6-8(13)7-15-12(9)17/h6-7H,2-5H2,1H3. The number of esters is 1. The molecule has 2 heterocycles. The van der Waals surface area contributed by atoms with Gasteiger partial charge in [-0.2, -0.15) is 0 Å². The SMILES string of the molecule is COC(=O)CCn1c(CCCl)nc2cc(Br)cnc21. The number of methoxy groups -OCH3 is 1. The van der Waals surface area contributed by atoms with Gasteiger partial charge in [-0.15, -0.1) is 11.6 Å². The van der Waals surface area contributed by atoms with Crippen LogP contribution >= 0.6 is 27.5 Å². The lowest BCUT2D eigenvalue weighted by Crippen LogP contribution is -2.10. The van der Waals surface area contributed by atoms with Crippen LogP contribution in [0.4, 0.5) is 0 Å². The van der Waals surface area contributed by atoms with Gasteiger partial charge < -0.3 is 9.30 Å². The van der Waals surface area contributed by atoms with Crippen molar-refractivity contribution in [3.63, 3.8) is 0 Å². The second-order valence-electron chi connectivity index (χ2n) is 3.94. The van der Waals surface area contributed by atoms with E-state index in [1.807, 2.05) is 10.6 Å². The first-order chi connectivity index (χ1) is 9.15. The molecular weight excluding hydrogens is 334 g/mol. The molecule has 0 saturated carbocycles. The molecule has 0 aliphatic rings. The summed E-state index contributed by atoms with van der Waals surface area (Å²) < 4.78 is 7.44. The zero-order chi connectivity index (χ0) is 13.8. The lowest BCUT2D eigenvalue weighted by Gasteiger charge is -2.06. The van der Waals surface area contributed by atoms with Gasteiger partial charge in [0.05, 0.1) is 13.5 Å². The lowest BCUT2D eigenvalue weighted by molar-refractivity contribution is -0.140. The number of pyridine rings is 1. The monoisotopic (exact) mass is 345 g/mol. The Morgan fingerprint density at radius 3 is 3.05 bits per heavy atom. The van der Waals surface area contributed by atoms with Crippen molar-refractivity contribution in [2.75, 3.05) is 13.0 Å². The van der Waals surface area contributed by atoms with E-state index in [0.717, 1.165) is 21.5 Å². The van der Waals surface area contributed by atoms with Crippen molar-refractivity contribution in [2.24, 2.45) is 0 Å². The van der Waals surface area contributed by atoms with Gasteiger partial charge in [-0.25, -0.2) is 9.97 Å². The Bertz CT molecular complexity index is 600. The van der Waals surface area contributed by atoms with Crippen molar-refractivity contribution in [1.29, 1.82) is 0 Å². The predicted octanol–water partition coefficient (Wildman–Crippen LogP) is 2.54. The van der Waals surface area contributed by atoms with Gasteiger partial charge in [0.15, 0.2) is 5.65 Å². The number of aryl methyl sites for hydroxylation is 2. The smallest absolute Gasteiger partial charge is 0.307 e. The molecule has 0 aliphatic heterocycles. The minimum absolute atomic E-state index is 0.254. The van der Waals surface area contributed by atoms with Gasteiger partial charge in [0, 0.05) is 29.5 Å². The van der Waals surface area contributed by atoms with Crippen molar-refractivity contribution >= 4 is 44.7 Å². The van der Waals surface area contributed by atoms with Gasteiger partial charge in [-0.3, -0.25) is 4.79 Å². The molecule has 0 unspecified atom stereocenters. The summed E-state index contributed by atoms with van der Waals surface area (Å²) in [6, 6.07) is 1.90. The van der Waals surface area contributed by atoms with E-state index in [-0.39, 0.29) is 12.4 Å². The van der Waals surface area contributed by atoms with Crippen molar-refractivity contribution in [3.8, 4) is 0 Å². The van der Waals surface area contributed by atoms with Crippen molar-refractivity contribution in [3.05, 3.63) is 22.6 Å². The Hall–Kier alpha value is -1.14. The molecule has 0 aromatic carbocycles. The number of hydrogen-bond donors (Lipinski definition) is 0. The third kappa shape index (κ3) is 3.25. The van der Waals surface area contributed by atoms with Crippen molar-refractivity contribution in [2.45, 2.75) is 19.4 Å². The van der Waals surface area contributed by atoms with Crippen molar-refractivity contribution < 1.29 is 9.53 Å². The summed E-state index contributed by atoms with van der Waals surface area (Å²) in [5, 5.41) is 0. The highest BCUT2D eigenvalue weighted by Crippen LogP contribution is 2.19. The summed E-state index contributed by atoms with van der Waals surface area (Å²) in [5.74, 6) is 1.05. The number of ether oxygens (including phenoxy) is 1. The topological polar surface area (TPSA) is 57.0 Å². The van der Waals surface area contributed by atoms with E-state index in [2.05, 4.69) is 30.6 Å². The third-order valence-corrected chi connectivity index (χ3v) is 3.34. The maximum absolute atomic E-state index is 11.3. The van der Waals surface area contributed by atoms with Crippen LogP contribution in [0.25, 0.3) is 11.2 Å². The Labute approximate surface area is 124 Å². The van der Waals surface area contributed by atoms with Crippen LogP contribution in [0.3, 0.4) is 0 Å². The van der Waals surface area contributed by atoms with Gasteiger partial charge in [0.2, 0.25) is 0 Å². The normalized spacial score (nSPS) is 10.9. The van der Waals surface area contributed by atoms with Gasteiger partial charge in [0.1, 0.15) is 11.3 Å². The molecule has 0 amide bonds.